The topological polar surface area (TPSA) is 46.1 Å². The van der Waals surface area contributed by atoms with Crippen molar-refractivity contribution < 1.29 is 19.6 Å². The molecule has 4 atom stereocenters. The van der Waals surface area contributed by atoms with Gasteiger partial charge in [-0.1, -0.05) is 0 Å². The van der Waals surface area contributed by atoms with E-state index in [1.165, 1.54) is 0 Å². The smallest absolute Gasteiger partial charge is 0.180 e. The van der Waals surface area contributed by atoms with Crippen molar-refractivity contribution in [3.8, 4) is 0 Å². The van der Waals surface area contributed by atoms with Gasteiger partial charge in [-0.05, 0) is 0 Å². The van der Waals surface area contributed by atoms with Crippen molar-refractivity contribution in [2.24, 2.45) is 0 Å². The highest BCUT2D eigenvalue weighted by molar-refractivity contribution is 4.90. The van der Waals surface area contributed by atoms with Gasteiger partial charge in [-0.3, -0.25) is 0 Å². The van der Waals surface area contributed by atoms with Crippen LogP contribution in [-0.4, -0.2) is 42.7 Å². The van der Waals surface area contributed by atoms with Crippen molar-refractivity contribution in [2.45, 2.75) is 24.4 Å². The third-order valence-electron chi connectivity index (χ3n) is 2.27. The van der Waals surface area contributed by atoms with Gasteiger partial charge in [0.2, 0.25) is 0 Å². The number of ether oxygens (including phenoxy) is 1. The van der Waals surface area contributed by atoms with Gasteiger partial charge in [0.25, 0.3) is 0 Å². The van der Waals surface area contributed by atoms with Gasteiger partial charge in [0.1, 0.15) is 24.8 Å². The van der Waals surface area contributed by atoms with Crippen molar-refractivity contribution >= 4 is 0 Å². The standard InChI is InChI=1S/C6H10FNO2/c7-3-1-8-5-4(9)2-10-6(3)5/h3-6,8-9H,1-2H2/p+1/t3-,4+,5-,6-/m1/s1. The Morgan fingerprint density at radius 3 is 3.10 bits per heavy atom. The fourth-order valence-corrected chi connectivity index (χ4v) is 1.71. The van der Waals surface area contributed by atoms with Crippen LogP contribution >= 0.6 is 0 Å². The first-order valence-electron chi connectivity index (χ1n) is 3.56. The predicted octanol–water partition coefficient (Wildman–Crippen LogP) is -1.97. The van der Waals surface area contributed by atoms with Gasteiger partial charge >= 0.3 is 0 Å². The highest BCUT2D eigenvalue weighted by Gasteiger charge is 2.49. The Labute approximate surface area is 58.2 Å². The van der Waals surface area contributed by atoms with E-state index in [0.29, 0.717) is 13.2 Å². The molecule has 4 heteroatoms. The van der Waals surface area contributed by atoms with E-state index in [4.69, 9.17) is 4.74 Å². The lowest BCUT2D eigenvalue weighted by Gasteiger charge is -2.05. The molecule has 2 saturated heterocycles. The monoisotopic (exact) mass is 148 g/mol. The van der Waals surface area contributed by atoms with Crippen LogP contribution in [-0.2, 0) is 4.74 Å². The molecule has 0 saturated carbocycles. The number of rotatable bonds is 0. The molecule has 0 aromatic heterocycles. The number of hydrogen-bond donors (Lipinski definition) is 2. The van der Waals surface area contributed by atoms with E-state index in [1.807, 2.05) is 5.32 Å². The van der Waals surface area contributed by atoms with Gasteiger partial charge in [-0.2, -0.15) is 0 Å². The molecule has 2 aliphatic rings. The summed E-state index contributed by atoms with van der Waals surface area (Å²) in [5, 5.41) is 11.0. The second-order valence-corrected chi connectivity index (χ2v) is 2.93. The number of alkyl halides is 1. The summed E-state index contributed by atoms with van der Waals surface area (Å²) in [4.78, 5) is 0. The molecule has 0 spiro atoms. The van der Waals surface area contributed by atoms with Gasteiger partial charge in [0.15, 0.2) is 6.17 Å². The number of aliphatic hydroxyl groups excluding tert-OH is 1. The zero-order valence-corrected chi connectivity index (χ0v) is 5.53. The summed E-state index contributed by atoms with van der Waals surface area (Å²) in [6.07, 6.45) is -1.71. The van der Waals surface area contributed by atoms with Crippen molar-refractivity contribution in [1.29, 1.82) is 0 Å². The van der Waals surface area contributed by atoms with E-state index < -0.39 is 12.3 Å². The van der Waals surface area contributed by atoms with Gasteiger partial charge in [-0.25, -0.2) is 4.39 Å². The van der Waals surface area contributed by atoms with Crippen LogP contribution in [0, 0.1) is 0 Å². The first-order valence-corrected chi connectivity index (χ1v) is 3.56. The van der Waals surface area contributed by atoms with E-state index >= 15 is 0 Å². The van der Waals surface area contributed by atoms with E-state index in [-0.39, 0.29) is 12.1 Å². The molecule has 10 heavy (non-hydrogen) atoms. The zero-order chi connectivity index (χ0) is 7.14. The minimum Gasteiger partial charge on any atom is -0.384 e. The molecule has 0 radical (unpaired) electrons. The van der Waals surface area contributed by atoms with Gasteiger partial charge in [0.05, 0.1) is 6.61 Å². The first-order chi connectivity index (χ1) is 4.79. The first kappa shape index (κ1) is 6.52. The van der Waals surface area contributed by atoms with Gasteiger partial charge in [-0.15, -0.1) is 0 Å². The molecular weight excluding hydrogens is 137 g/mol. The molecule has 0 amide bonds. The normalized spacial score (nSPS) is 53.4. The van der Waals surface area contributed by atoms with Crippen LogP contribution in [0.15, 0.2) is 0 Å². The molecule has 0 aromatic carbocycles. The average molecular weight is 148 g/mol. The van der Waals surface area contributed by atoms with E-state index in [2.05, 4.69) is 0 Å². The minimum atomic E-state index is -0.887. The maximum atomic E-state index is 12.8. The molecule has 0 aliphatic carbocycles. The fourth-order valence-electron chi connectivity index (χ4n) is 1.71. The highest BCUT2D eigenvalue weighted by Crippen LogP contribution is 2.19. The van der Waals surface area contributed by atoms with E-state index in [0.717, 1.165) is 0 Å². The Hall–Kier alpha value is -0.190. The van der Waals surface area contributed by atoms with E-state index in [1.54, 1.807) is 0 Å². The van der Waals surface area contributed by atoms with Crippen LogP contribution in [0.25, 0.3) is 0 Å². The second kappa shape index (κ2) is 2.15. The number of nitrogens with two attached hydrogens (primary N) is 1. The van der Waals surface area contributed by atoms with Crippen molar-refractivity contribution in [3.63, 3.8) is 0 Å². The second-order valence-electron chi connectivity index (χ2n) is 2.93. The summed E-state index contributed by atoms with van der Waals surface area (Å²) in [5.41, 5.74) is 0. The third kappa shape index (κ3) is 0.761. The molecule has 3 nitrogen and oxygen atoms in total. The number of aliphatic hydroxyl groups is 1. The summed E-state index contributed by atoms with van der Waals surface area (Å²) < 4.78 is 17.8. The van der Waals surface area contributed by atoms with Crippen LogP contribution < -0.4 is 5.32 Å². The summed E-state index contributed by atoms with van der Waals surface area (Å²) in [5.74, 6) is 0. The van der Waals surface area contributed by atoms with Crippen LogP contribution in [0.4, 0.5) is 4.39 Å². The Balaban J connectivity index is 2.09. The average Bonchev–Trinajstić information content (AvgIpc) is 2.41. The SMILES string of the molecule is O[C@H]1CO[C@H]2[C@@H]1[NH2+]C[C@H]2F. The molecule has 58 valence electrons. The largest absolute Gasteiger partial charge is 0.384 e. The summed E-state index contributed by atoms with van der Waals surface area (Å²) in [7, 11) is 0. The quantitative estimate of drug-likeness (QED) is 0.418. The number of quaternary nitrogens is 1. The Morgan fingerprint density at radius 1 is 1.60 bits per heavy atom. The Kier molecular flexibility index (Phi) is 1.40. The summed E-state index contributed by atoms with van der Waals surface area (Å²) >= 11 is 0. The minimum absolute atomic E-state index is 0.0463. The number of hydrogen-bond acceptors (Lipinski definition) is 2. The molecule has 2 rings (SSSR count). The number of halogens is 1. The van der Waals surface area contributed by atoms with Crippen molar-refractivity contribution in [2.75, 3.05) is 13.2 Å². The molecule has 0 aromatic rings. The van der Waals surface area contributed by atoms with Gasteiger partial charge in [0, 0.05) is 0 Å². The molecule has 0 bridgehead atoms. The maximum Gasteiger partial charge on any atom is 0.180 e. The molecule has 2 heterocycles. The van der Waals surface area contributed by atoms with Crippen LogP contribution in [0.2, 0.25) is 0 Å². The maximum absolute atomic E-state index is 12.8. The molecular formula is C6H11FNO2+. The number of fused-ring (bicyclic) bond motifs is 1. The Morgan fingerprint density at radius 2 is 2.40 bits per heavy atom. The molecule has 2 fully saturated rings. The predicted molar refractivity (Wildman–Crippen MR) is 31.2 cm³/mol. The van der Waals surface area contributed by atoms with Crippen molar-refractivity contribution in [1.82, 2.24) is 0 Å². The summed E-state index contributed by atoms with van der Waals surface area (Å²) in [6.45, 7) is 0.735. The summed E-state index contributed by atoms with van der Waals surface area (Å²) in [6, 6.07) is -0.0463. The fraction of sp³-hybridized carbons (Fsp3) is 1.00. The van der Waals surface area contributed by atoms with Crippen LogP contribution in [0.1, 0.15) is 0 Å². The van der Waals surface area contributed by atoms with E-state index in [9.17, 15) is 9.50 Å². The van der Waals surface area contributed by atoms with Gasteiger partial charge < -0.3 is 15.2 Å². The van der Waals surface area contributed by atoms with Crippen LogP contribution in [0.5, 0.6) is 0 Å². The lowest BCUT2D eigenvalue weighted by molar-refractivity contribution is -0.677. The third-order valence-corrected chi connectivity index (χ3v) is 2.27. The lowest BCUT2D eigenvalue weighted by Crippen LogP contribution is -2.89. The van der Waals surface area contributed by atoms with Crippen LogP contribution in [0.3, 0.4) is 0 Å². The molecule has 2 aliphatic heterocycles. The lowest BCUT2D eigenvalue weighted by atomic mass is 10.1. The Bertz CT molecular complexity index is 128. The molecule has 3 N–H and O–H groups in total. The zero-order valence-electron chi connectivity index (χ0n) is 5.53. The highest BCUT2D eigenvalue weighted by atomic mass is 19.1. The van der Waals surface area contributed by atoms with Crippen molar-refractivity contribution in [3.05, 3.63) is 0 Å². The molecule has 0 unspecified atom stereocenters.